The highest BCUT2D eigenvalue weighted by atomic mass is 16.5. The molecule has 0 heterocycles. The number of hydrogen-bond donors (Lipinski definition) is 3. The number of ether oxygens (including phenoxy) is 1. The summed E-state index contributed by atoms with van der Waals surface area (Å²) in [6.45, 7) is 3.90. The fraction of sp³-hybridized carbons (Fsp3) is 0.974. The molecule has 0 saturated heterocycles. The van der Waals surface area contributed by atoms with Crippen LogP contribution in [0, 0.1) is 5.92 Å². The lowest BCUT2D eigenvalue weighted by Gasteiger charge is -2.22. The van der Waals surface area contributed by atoms with Crippen LogP contribution < -0.4 is 0 Å². The molecule has 0 radical (unpaired) electrons. The fourth-order valence-electron chi connectivity index (χ4n) is 6.29. The number of unbranched alkanes of at least 4 members (excludes halogenated alkanes) is 27. The van der Waals surface area contributed by atoms with E-state index in [9.17, 15) is 15.0 Å². The van der Waals surface area contributed by atoms with Crippen LogP contribution in [0.15, 0.2) is 0 Å². The molecular formula is C39H78O5. The number of aliphatic hydroxyl groups is 3. The van der Waals surface area contributed by atoms with Gasteiger partial charge in [0.2, 0.25) is 0 Å². The summed E-state index contributed by atoms with van der Waals surface area (Å²) in [4.78, 5) is 12.8. The summed E-state index contributed by atoms with van der Waals surface area (Å²) in [5.74, 6) is -0.967. The Morgan fingerprint density at radius 2 is 0.773 bits per heavy atom. The molecule has 0 fully saturated rings. The highest BCUT2D eigenvalue weighted by Gasteiger charge is 2.28. The van der Waals surface area contributed by atoms with Crippen molar-refractivity contribution in [3.05, 3.63) is 0 Å². The molecule has 0 amide bonds. The van der Waals surface area contributed by atoms with E-state index < -0.39 is 30.7 Å². The minimum Gasteiger partial charge on any atom is -0.463 e. The maximum Gasteiger partial charge on any atom is 0.311 e. The molecule has 0 unspecified atom stereocenters. The van der Waals surface area contributed by atoms with Gasteiger partial charge in [-0.05, 0) is 12.8 Å². The lowest BCUT2D eigenvalue weighted by atomic mass is 9.91. The monoisotopic (exact) mass is 627 g/mol. The molecule has 3 atom stereocenters. The lowest BCUT2D eigenvalue weighted by Crippen LogP contribution is -2.32. The zero-order valence-corrected chi connectivity index (χ0v) is 29.7. The van der Waals surface area contributed by atoms with Crippen molar-refractivity contribution in [1.82, 2.24) is 0 Å². The fourth-order valence-corrected chi connectivity index (χ4v) is 6.29. The van der Waals surface area contributed by atoms with Gasteiger partial charge in [0.05, 0.1) is 18.6 Å². The zero-order valence-electron chi connectivity index (χ0n) is 29.7. The predicted octanol–water partition coefficient (Wildman–Crippen LogP) is 11.0. The number of rotatable bonds is 36. The molecule has 0 rings (SSSR count). The second kappa shape index (κ2) is 35.2. The van der Waals surface area contributed by atoms with Crippen LogP contribution in [0.25, 0.3) is 0 Å². The van der Waals surface area contributed by atoms with E-state index in [1.165, 1.54) is 161 Å². The quantitative estimate of drug-likeness (QED) is 0.0476. The third kappa shape index (κ3) is 30.0. The Labute approximate surface area is 274 Å². The van der Waals surface area contributed by atoms with Gasteiger partial charge in [-0.25, -0.2) is 0 Å². The van der Waals surface area contributed by atoms with Gasteiger partial charge in [-0.15, -0.1) is 0 Å². The van der Waals surface area contributed by atoms with Crippen LogP contribution in [0.2, 0.25) is 0 Å². The van der Waals surface area contributed by atoms with Crippen molar-refractivity contribution in [2.75, 3.05) is 13.2 Å². The van der Waals surface area contributed by atoms with Crippen LogP contribution in [0.3, 0.4) is 0 Å². The molecule has 0 saturated carbocycles. The van der Waals surface area contributed by atoms with Gasteiger partial charge in [-0.3, -0.25) is 4.79 Å². The predicted molar refractivity (Wildman–Crippen MR) is 188 cm³/mol. The van der Waals surface area contributed by atoms with Crippen molar-refractivity contribution in [2.24, 2.45) is 5.92 Å². The highest BCUT2D eigenvalue weighted by molar-refractivity contribution is 5.73. The van der Waals surface area contributed by atoms with Gasteiger partial charge in [0, 0.05) is 0 Å². The molecule has 264 valence electrons. The van der Waals surface area contributed by atoms with Gasteiger partial charge in [-0.2, -0.15) is 0 Å². The first-order valence-electron chi connectivity index (χ1n) is 19.7. The molecule has 0 aliphatic rings. The Bertz CT molecular complexity index is 569. The van der Waals surface area contributed by atoms with E-state index in [1.54, 1.807) is 0 Å². The van der Waals surface area contributed by atoms with Gasteiger partial charge >= 0.3 is 5.97 Å². The Morgan fingerprint density at radius 3 is 1.09 bits per heavy atom. The van der Waals surface area contributed by atoms with E-state index in [4.69, 9.17) is 9.84 Å². The summed E-state index contributed by atoms with van der Waals surface area (Å²) in [5, 5.41) is 29.5. The third-order valence-electron chi connectivity index (χ3n) is 9.37. The topological polar surface area (TPSA) is 87.0 Å². The lowest BCUT2D eigenvalue weighted by molar-refractivity contribution is -0.156. The summed E-state index contributed by atoms with van der Waals surface area (Å²) in [6, 6.07) is 0. The van der Waals surface area contributed by atoms with Gasteiger partial charge in [-0.1, -0.05) is 200 Å². The van der Waals surface area contributed by atoms with E-state index in [0.29, 0.717) is 12.8 Å². The van der Waals surface area contributed by atoms with Crippen LogP contribution in [0.1, 0.15) is 213 Å². The van der Waals surface area contributed by atoms with Gasteiger partial charge < -0.3 is 20.1 Å². The molecule has 0 aromatic heterocycles. The summed E-state index contributed by atoms with van der Waals surface area (Å²) in [6.07, 6.45) is 37.2. The number of hydrogen-bond acceptors (Lipinski definition) is 5. The average Bonchev–Trinajstić information content (AvgIpc) is 3.03. The van der Waals surface area contributed by atoms with Crippen molar-refractivity contribution in [3.63, 3.8) is 0 Å². The second-order valence-corrected chi connectivity index (χ2v) is 13.8. The van der Waals surface area contributed by atoms with E-state index in [0.717, 1.165) is 25.7 Å². The van der Waals surface area contributed by atoms with E-state index in [1.807, 2.05) is 0 Å². The van der Waals surface area contributed by atoms with Gasteiger partial charge in [0.25, 0.3) is 0 Å². The smallest absolute Gasteiger partial charge is 0.311 e. The number of carbonyl (C=O) groups excluding carboxylic acids is 1. The average molecular weight is 627 g/mol. The van der Waals surface area contributed by atoms with E-state index >= 15 is 0 Å². The number of aliphatic hydroxyl groups excluding tert-OH is 3. The number of esters is 1. The minimum absolute atomic E-state index is 0.212. The molecule has 0 aromatic carbocycles. The molecule has 0 aliphatic carbocycles. The summed E-state index contributed by atoms with van der Waals surface area (Å²) in [5.41, 5.74) is 0. The minimum atomic E-state index is -1.06. The first-order chi connectivity index (χ1) is 21.6. The van der Waals surface area contributed by atoms with Crippen molar-refractivity contribution in [2.45, 2.75) is 225 Å². The van der Waals surface area contributed by atoms with Gasteiger partial charge in [0.1, 0.15) is 12.7 Å². The Morgan fingerprint density at radius 1 is 0.477 bits per heavy atom. The SMILES string of the molecule is CCCCCCCCCCCCCCCCC[C@H](O)[C@@H](CCCCCCCCCCCCCCCC)C(=O)OC[C@H](O)CO. The second-order valence-electron chi connectivity index (χ2n) is 13.8. The van der Waals surface area contributed by atoms with Crippen LogP contribution in [0.5, 0.6) is 0 Å². The molecule has 3 N–H and O–H groups in total. The molecule has 5 nitrogen and oxygen atoms in total. The highest BCUT2D eigenvalue weighted by Crippen LogP contribution is 2.22. The summed E-state index contributed by atoms with van der Waals surface area (Å²) in [7, 11) is 0. The molecule has 0 bridgehead atoms. The molecule has 0 aromatic rings. The molecule has 0 aliphatic heterocycles. The van der Waals surface area contributed by atoms with Crippen LogP contribution >= 0.6 is 0 Å². The Hall–Kier alpha value is -0.650. The third-order valence-corrected chi connectivity index (χ3v) is 9.37. The van der Waals surface area contributed by atoms with Crippen LogP contribution in [-0.4, -0.2) is 46.7 Å². The van der Waals surface area contributed by atoms with Crippen molar-refractivity contribution in [1.29, 1.82) is 0 Å². The molecule has 44 heavy (non-hydrogen) atoms. The van der Waals surface area contributed by atoms with Gasteiger partial charge in [0.15, 0.2) is 0 Å². The van der Waals surface area contributed by atoms with Crippen LogP contribution in [-0.2, 0) is 9.53 Å². The zero-order chi connectivity index (χ0) is 32.4. The maximum absolute atomic E-state index is 12.8. The first kappa shape index (κ1) is 43.4. The standard InChI is InChI=1S/C39H78O5/c1-3-5-7-9-11-13-15-17-19-21-23-25-27-29-31-33-38(42)37(39(43)44-35-36(41)34-40)32-30-28-26-24-22-20-18-16-14-12-10-8-6-4-2/h36-38,40-42H,3-35H2,1-2H3/t36-,37-,38+/m1/s1. The summed E-state index contributed by atoms with van der Waals surface area (Å²) < 4.78 is 5.27. The largest absolute Gasteiger partial charge is 0.463 e. The normalized spacial score (nSPS) is 13.7. The number of carbonyl (C=O) groups is 1. The first-order valence-corrected chi connectivity index (χ1v) is 19.7. The van der Waals surface area contributed by atoms with E-state index in [-0.39, 0.29) is 6.61 Å². The maximum atomic E-state index is 12.8. The van der Waals surface area contributed by atoms with Crippen molar-refractivity contribution >= 4 is 5.97 Å². The molecule has 5 heteroatoms. The van der Waals surface area contributed by atoms with Crippen molar-refractivity contribution in [3.8, 4) is 0 Å². The van der Waals surface area contributed by atoms with Crippen molar-refractivity contribution < 1.29 is 24.9 Å². The van der Waals surface area contributed by atoms with E-state index in [2.05, 4.69) is 13.8 Å². The molecular weight excluding hydrogens is 548 g/mol. The molecule has 0 spiro atoms. The Balaban J connectivity index is 3.99. The van der Waals surface area contributed by atoms with Crippen LogP contribution in [0.4, 0.5) is 0 Å². The summed E-state index contributed by atoms with van der Waals surface area (Å²) >= 11 is 0. The Kier molecular flexibility index (Phi) is 34.7.